The van der Waals surface area contributed by atoms with E-state index in [2.05, 4.69) is 10.3 Å². The number of fused-ring (bicyclic) bond motifs is 1. The van der Waals surface area contributed by atoms with Crippen LogP contribution in [0.15, 0.2) is 54.1 Å². The average Bonchev–Trinajstić information content (AvgIpc) is 2.87. The number of aryl methyl sites for hydroxylation is 2. The van der Waals surface area contributed by atoms with E-state index < -0.39 is 5.91 Å². The van der Waals surface area contributed by atoms with Gasteiger partial charge >= 0.3 is 0 Å². The monoisotopic (exact) mass is 315 g/mol. The van der Waals surface area contributed by atoms with E-state index in [1.54, 1.807) is 12.1 Å². The number of para-hydroxylation sites is 1. The number of nitrogens with zero attached hydrogens (tertiary/aromatic N) is 1. The number of H-pyrrole nitrogens is 1. The number of benzene rings is 2. The molecule has 0 saturated carbocycles. The Hall–Kier alpha value is -3.32. The maximum Gasteiger partial charge on any atom is 0.266 e. The van der Waals surface area contributed by atoms with Crippen LogP contribution in [0, 0.1) is 25.2 Å². The molecule has 0 atom stereocenters. The van der Waals surface area contributed by atoms with E-state index in [0.29, 0.717) is 5.69 Å². The Balaban J connectivity index is 1.95. The van der Waals surface area contributed by atoms with E-state index in [1.165, 1.54) is 0 Å². The van der Waals surface area contributed by atoms with Gasteiger partial charge < -0.3 is 10.3 Å². The number of hydrogen-bond donors (Lipinski definition) is 2. The number of rotatable bonds is 3. The van der Waals surface area contributed by atoms with Crippen LogP contribution in [0.2, 0.25) is 0 Å². The minimum atomic E-state index is -0.409. The van der Waals surface area contributed by atoms with Gasteiger partial charge in [-0.3, -0.25) is 4.79 Å². The quantitative estimate of drug-likeness (QED) is 0.558. The van der Waals surface area contributed by atoms with E-state index in [1.807, 2.05) is 62.4 Å². The Morgan fingerprint density at radius 1 is 1.17 bits per heavy atom. The third-order valence-electron chi connectivity index (χ3n) is 3.87. The van der Waals surface area contributed by atoms with Crippen LogP contribution in [-0.2, 0) is 4.79 Å². The molecule has 0 saturated heterocycles. The number of nitrogens with one attached hydrogen (secondary N) is 2. The van der Waals surface area contributed by atoms with Crippen LogP contribution < -0.4 is 5.32 Å². The van der Waals surface area contributed by atoms with Crippen molar-refractivity contribution in [3.8, 4) is 6.07 Å². The number of nitriles is 1. The number of carbonyl (C=O) groups is 1. The van der Waals surface area contributed by atoms with Gasteiger partial charge in [-0.15, -0.1) is 0 Å². The second-order valence-electron chi connectivity index (χ2n) is 5.70. The molecule has 2 N–H and O–H groups in total. The normalized spacial score (nSPS) is 11.3. The third-order valence-corrected chi connectivity index (χ3v) is 3.87. The molecule has 3 rings (SSSR count). The highest BCUT2D eigenvalue weighted by Gasteiger charge is 2.13. The Kier molecular flexibility index (Phi) is 4.17. The van der Waals surface area contributed by atoms with E-state index in [-0.39, 0.29) is 5.57 Å². The van der Waals surface area contributed by atoms with Crippen LogP contribution in [0.5, 0.6) is 0 Å². The molecule has 0 radical (unpaired) electrons. The summed E-state index contributed by atoms with van der Waals surface area (Å²) >= 11 is 0. The maximum atomic E-state index is 12.4. The predicted octanol–water partition coefficient (Wildman–Crippen LogP) is 4.33. The lowest BCUT2D eigenvalue weighted by molar-refractivity contribution is -0.112. The van der Waals surface area contributed by atoms with E-state index in [4.69, 9.17) is 0 Å². The summed E-state index contributed by atoms with van der Waals surface area (Å²) < 4.78 is 0. The van der Waals surface area contributed by atoms with Crippen LogP contribution in [-0.4, -0.2) is 10.9 Å². The Bertz CT molecular complexity index is 990. The van der Waals surface area contributed by atoms with Gasteiger partial charge in [-0.2, -0.15) is 5.26 Å². The Labute approximate surface area is 140 Å². The highest BCUT2D eigenvalue weighted by Crippen LogP contribution is 2.24. The minimum Gasteiger partial charge on any atom is -0.358 e. The number of carbonyl (C=O) groups excluding carboxylic acids is 1. The second kappa shape index (κ2) is 6.43. The fourth-order valence-electron chi connectivity index (χ4n) is 2.70. The van der Waals surface area contributed by atoms with Gasteiger partial charge in [0.05, 0.1) is 0 Å². The van der Waals surface area contributed by atoms with Crippen LogP contribution >= 0.6 is 0 Å². The molecule has 0 spiro atoms. The van der Waals surface area contributed by atoms with Gasteiger partial charge in [0, 0.05) is 27.8 Å². The predicted molar refractivity (Wildman–Crippen MR) is 96.4 cm³/mol. The fourth-order valence-corrected chi connectivity index (χ4v) is 2.70. The molecule has 1 amide bonds. The van der Waals surface area contributed by atoms with Crippen molar-refractivity contribution in [2.45, 2.75) is 13.8 Å². The zero-order chi connectivity index (χ0) is 17.1. The molecule has 0 aliphatic rings. The summed E-state index contributed by atoms with van der Waals surface area (Å²) in [6, 6.07) is 17.3. The van der Waals surface area contributed by atoms with Crippen molar-refractivity contribution < 1.29 is 4.79 Å². The molecule has 3 aromatic rings. The Morgan fingerprint density at radius 3 is 2.71 bits per heavy atom. The molecule has 24 heavy (non-hydrogen) atoms. The van der Waals surface area contributed by atoms with Gasteiger partial charge in [0.25, 0.3) is 5.91 Å². The van der Waals surface area contributed by atoms with Crippen LogP contribution in [0.3, 0.4) is 0 Å². The molecule has 0 aliphatic heterocycles. The molecule has 118 valence electrons. The second-order valence-corrected chi connectivity index (χ2v) is 5.70. The molecule has 0 bridgehead atoms. The van der Waals surface area contributed by atoms with Crippen molar-refractivity contribution in [3.05, 3.63) is 70.9 Å². The van der Waals surface area contributed by atoms with Gasteiger partial charge in [-0.1, -0.05) is 30.3 Å². The molecule has 1 aromatic heterocycles. The molecule has 2 aromatic carbocycles. The summed E-state index contributed by atoms with van der Waals surface area (Å²) in [6.45, 7) is 3.88. The number of aromatic amines is 1. The largest absolute Gasteiger partial charge is 0.358 e. The van der Waals surface area contributed by atoms with Crippen LogP contribution in [0.1, 0.15) is 16.8 Å². The topological polar surface area (TPSA) is 68.7 Å². The summed E-state index contributed by atoms with van der Waals surface area (Å²) in [5.41, 5.74) is 4.57. The van der Waals surface area contributed by atoms with Crippen molar-refractivity contribution in [1.29, 1.82) is 5.26 Å². The molecular formula is C20H17N3O. The SMILES string of the molecule is Cc1cccc(NC(=O)/C(C#N)=C\c2c(C)[nH]c3ccccc23)c1. The van der Waals surface area contributed by atoms with Crippen LogP contribution in [0.4, 0.5) is 5.69 Å². The summed E-state index contributed by atoms with van der Waals surface area (Å²) in [5.74, 6) is -0.409. The lowest BCUT2D eigenvalue weighted by Crippen LogP contribution is -2.13. The summed E-state index contributed by atoms with van der Waals surface area (Å²) in [6.07, 6.45) is 1.64. The zero-order valence-electron chi connectivity index (χ0n) is 13.6. The smallest absolute Gasteiger partial charge is 0.266 e. The van der Waals surface area contributed by atoms with Crippen molar-refractivity contribution in [2.75, 3.05) is 5.32 Å². The van der Waals surface area contributed by atoms with E-state index >= 15 is 0 Å². The summed E-state index contributed by atoms with van der Waals surface area (Å²) in [5, 5.41) is 13.2. The minimum absolute atomic E-state index is 0.0735. The molecular weight excluding hydrogens is 298 g/mol. The zero-order valence-corrected chi connectivity index (χ0v) is 13.6. The van der Waals surface area contributed by atoms with Crippen molar-refractivity contribution in [2.24, 2.45) is 0 Å². The van der Waals surface area contributed by atoms with Gasteiger partial charge in [-0.25, -0.2) is 0 Å². The van der Waals surface area contributed by atoms with Crippen molar-refractivity contribution >= 4 is 28.6 Å². The van der Waals surface area contributed by atoms with Gasteiger partial charge in [0.2, 0.25) is 0 Å². The number of aromatic nitrogens is 1. The van der Waals surface area contributed by atoms with Crippen molar-refractivity contribution in [3.63, 3.8) is 0 Å². The molecule has 1 heterocycles. The first-order valence-electron chi connectivity index (χ1n) is 7.65. The van der Waals surface area contributed by atoms with E-state index in [9.17, 15) is 10.1 Å². The third kappa shape index (κ3) is 3.06. The highest BCUT2D eigenvalue weighted by molar-refractivity contribution is 6.11. The van der Waals surface area contributed by atoms with Gasteiger partial charge in [0.1, 0.15) is 11.6 Å². The first-order chi connectivity index (χ1) is 11.6. The Morgan fingerprint density at radius 2 is 1.96 bits per heavy atom. The molecule has 4 nitrogen and oxygen atoms in total. The number of amides is 1. The molecule has 4 heteroatoms. The molecule has 0 aliphatic carbocycles. The van der Waals surface area contributed by atoms with E-state index in [0.717, 1.165) is 27.7 Å². The number of anilines is 1. The summed E-state index contributed by atoms with van der Waals surface area (Å²) in [7, 11) is 0. The number of hydrogen-bond acceptors (Lipinski definition) is 2. The average molecular weight is 315 g/mol. The standard InChI is InChI=1S/C20H17N3O/c1-13-6-5-7-16(10-13)23-20(24)15(12-21)11-18-14(2)22-19-9-4-3-8-17(18)19/h3-11,22H,1-2H3,(H,23,24)/b15-11-. The lowest BCUT2D eigenvalue weighted by atomic mass is 10.1. The molecule has 0 unspecified atom stereocenters. The first-order valence-corrected chi connectivity index (χ1v) is 7.65. The fraction of sp³-hybridized carbons (Fsp3) is 0.100. The van der Waals surface area contributed by atoms with Crippen LogP contribution in [0.25, 0.3) is 17.0 Å². The highest BCUT2D eigenvalue weighted by atomic mass is 16.1. The van der Waals surface area contributed by atoms with Gasteiger partial charge in [-0.05, 0) is 43.7 Å². The maximum absolute atomic E-state index is 12.4. The van der Waals surface area contributed by atoms with Gasteiger partial charge in [0.15, 0.2) is 0 Å². The lowest BCUT2D eigenvalue weighted by Gasteiger charge is -2.05. The van der Waals surface area contributed by atoms with Crippen molar-refractivity contribution in [1.82, 2.24) is 4.98 Å². The first kappa shape index (κ1) is 15.6. The molecule has 0 fully saturated rings. The summed E-state index contributed by atoms with van der Waals surface area (Å²) in [4.78, 5) is 15.7.